The Morgan fingerprint density at radius 2 is 0.803 bits per heavy atom. The molecule has 6 heteroatoms. The molecule has 11 aromatic carbocycles. The van der Waals surface area contributed by atoms with Crippen molar-refractivity contribution in [3.8, 4) is 56.7 Å². The third-order valence-corrected chi connectivity index (χ3v) is 14.3. The van der Waals surface area contributed by atoms with Crippen LogP contribution in [0.15, 0.2) is 241 Å². The first-order chi connectivity index (χ1) is 35.2. The van der Waals surface area contributed by atoms with Crippen LogP contribution >= 0.6 is 0 Å². The normalized spacial score (nSPS) is 11.9. The highest BCUT2D eigenvalue weighted by molar-refractivity contribution is 6.20. The maximum atomic E-state index is 7.29. The van der Waals surface area contributed by atoms with Crippen molar-refractivity contribution in [2.45, 2.75) is 0 Å². The summed E-state index contributed by atoms with van der Waals surface area (Å²) in [6.45, 7) is 0. The molecule has 0 saturated heterocycles. The van der Waals surface area contributed by atoms with Gasteiger partial charge in [0, 0.05) is 60.1 Å². The van der Waals surface area contributed by atoms with Gasteiger partial charge in [-0.1, -0.05) is 164 Å². The van der Waals surface area contributed by atoms with Gasteiger partial charge >= 0.3 is 0 Å². The highest BCUT2D eigenvalue weighted by Crippen LogP contribution is 2.45. The van der Waals surface area contributed by atoms with E-state index in [0.717, 1.165) is 121 Å². The summed E-state index contributed by atoms with van der Waals surface area (Å²) in [5.74, 6) is 1.69. The molecule has 6 nitrogen and oxygen atoms in total. The lowest BCUT2D eigenvalue weighted by Gasteiger charge is -2.15. The first kappa shape index (κ1) is 39.4. The molecule has 0 saturated carbocycles. The number of benzene rings is 11. The van der Waals surface area contributed by atoms with Gasteiger partial charge < -0.3 is 13.6 Å². The van der Waals surface area contributed by atoms with Gasteiger partial charge in [0.1, 0.15) is 11.3 Å². The zero-order chi connectivity index (χ0) is 46.6. The Morgan fingerprint density at radius 1 is 0.282 bits per heavy atom. The monoisotopic (exact) mass is 905 g/mol. The summed E-state index contributed by atoms with van der Waals surface area (Å²) < 4.78 is 12.0. The smallest absolute Gasteiger partial charge is 0.166 e. The first-order valence-electron chi connectivity index (χ1n) is 24.0. The van der Waals surface area contributed by atoms with Crippen LogP contribution in [0.3, 0.4) is 0 Å². The minimum absolute atomic E-state index is 0.540. The van der Waals surface area contributed by atoms with Gasteiger partial charge in [-0.3, -0.25) is 0 Å². The van der Waals surface area contributed by atoms with Gasteiger partial charge in [0.25, 0.3) is 0 Å². The highest BCUT2D eigenvalue weighted by atomic mass is 16.3. The van der Waals surface area contributed by atoms with E-state index >= 15 is 0 Å². The topological polar surface area (TPSA) is 61.7 Å². The van der Waals surface area contributed by atoms with E-state index in [-0.39, 0.29) is 0 Å². The van der Waals surface area contributed by atoms with Crippen LogP contribution in [0.2, 0.25) is 0 Å². The predicted molar refractivity (Wildman–Crippen MR) is 293 cm³/mol. The fourth-order valence-electron chi connectivity index (χ4n) is 11.0. The summed E-state index contributed by atoms with van der Waals surface area (Å²) in [6, 6.07) is 83.8. The maximum absolute atomic E-state index is 7.29. The molecule has 0 atom stereocenters. The number of rotatable bonds is 6. The van der Waals surface area contributed by atoms with Crippen LogP contribution in [0.4, 0.5) is 0 Å². The number of furan rings is 1. The van der Waals surface area contributed by atoms with Gasteiger partial charge in [0.15, 0.2) is 23.1 Å². The van der Waals surface area contributed by atoms with Crippen LogP contribution < -0.4 is 0 Å². The average molecular weight is 906 g/mol. The standard InChI is InChI=1S/C65H39N5O/c1-3-15-40(16-4-1)41-27-29-43(30-28-41)63-66-64(46-32-36-58-54(38-46)49-23-11-13-25-56(49)69(58)47-20-5-2-6-21-47)68-65(67-63)53-35-34-52-51-33-31-42-17-9-10-22-48(42)61(51)71-62(52)60(53)70-57-26-14-12-24-50(57)55-37-44-18-7-8-19-45(44)39-59(55)70/h1-39H. The number of hydrogen-bond donors (Lipinski definition) is 0. The number of para-hydroxylation sites is 3. The number of hydrogen-bond acceptors (Lipinski definition) is 4. The van der Waals surface area contributed by atoms with Gasteiger partial charge in [-0.2, -0.15) is 0 Å². The van der Waals surface area contributed by atoms with Crippen molar-refractivity contribution in [2.75, 3.05) is 0 Å². The van der Waals surface area contributed by atoms with Gasteiger partial charge in [0.2, 0.25) is 0 Å². The van der Waals surface area contributed by atoms with Crippen LogP contribution in [-0.4, -0.2) is 24.1 Å². The summed E-state index contributed by atoms with van der Waals surface area (Å²) in [5.41, 5.74) is 12.8. The van der Waals surface area contributed by atoms with Gasteiger partial charge in [-0.05, 0) is 100 Å². The molecule has 0 fully saturated rings. The van der Waals surface area contributed by atoms with Crippen molar-refractivity contribution in [3.63, 3.8) is 0 Å². The molecule has 0 aliphatic rings. The first-order valence-corrected chi connectivity index (χ1v) is 24.0. The predicted octanol–water partition coefficient (Wildman–Crippen LogP) is 16.9. The molecule has 71 heavy (non-hydrogen) atoms. The summed E-state index contributed by atoms with van der Waals surface area (Å²) in [5, 5.41) is 11.2. The minimum Gasteiger partial charge on any atom is -0.453 e. The molecule has 330 valence electrons. The molecule has 0 radical (unpaired) electrons. The summed E-state index contributed by atoms with van der Waals surface area (Å²) in [7, 11) is 0. The van der Waals surface area contributed by atoms with Crippen LogP contribution in [0.25, 0.3) is 144 Å². The van der Waals surface area contributed by atoms with Crippen molar-refractivity contribution in [1.82, 2.24) is 24.1 Å². The summed E-state index contributed by atoms with van der Waals surface area (Å²) >= 11 is 0. The highest BCUT2D eigenvalue weighted by Gasteiger charge is 2.26. The molecule has 0 spiro atoms. The third kappa shape index (κ3) is 6.11. The van der Waals surface area contributed by atoms with E-state index < -0.39 is 0 Å². The maximum Gasteiger partial charge on any atom is 0.166 e. The fourth-order valence-corrected chi connectivity index (χ4v) is 11.0. The van der Waals surface area contributed by atoms with Crippen LogP contribution in [0, 0.1) is 0 Å². The number of fused-ring (bicyclic) bond motifs is 12. The van der Waals surface area contributed by atoms with E-state index in [1.165, 1.54) is 5.39 Å². The molecule has 0 aliphatic heterocycles. The molecule has 0 amide bonds. The zero-order valence-electron chi connectivity index (χ0n) is 38.2. The Bertz CT molecular complexity index is 4620. The largest absolute Gasteiger partial charge is 0.453 e. The Kier molecular flexibility index (Phi) is 8.56. The van der Waals surface area contributed by atoms with Crippen LogP contribution in [-0.2, 0) is 0 Å². The second-order valence-electron chi connectivity index (χ2n) is 18.3. The summed E-state index contributed by atoms with van der Waals surface area (Å²) in [6.07, 6.45) is 0. The molecule has 4 aromatic heterocycles. The lowest BCUT2D eigenvalue weighted by Crippen LogP contribution is -2.04. The average Bonchev–Trinajstić information content (AvgIpc) is 4.10. The molecule has 4 heterocycles. The Morgan fingerprint density at radius 3 is 1.56 bits per heavy atom. The Labute approximate surface area is 407 Å². The second-order valence-corrected chi connectivity index (χ2v) is 18.3. The fraction of sp³-hybridized carbons (Fsp3) is 0. The van der Waals surface area contributed by atoms with Crippen molar-refractivity contribution in [1.29, 1.82) is 0 Å². The molecular formula is C65H39N5O. The van der Waals surface area contributed by atoms with E-state index in [2.05, 4.69) is 240 Å². The zero-order valence-corrected chi connectivity index (χ0v) is 38.2. The number of nitrogens with zero attached hydrogens (tertiary/aromatic N) is 5. The Balaban J connectivity index is 1.03. The van der Waals surface area contributed by atoms with Crippen LogP contribution in [0.1, 0.15) is 0 Å². The van der Waals surface area contributed by atoms with E-state index in [1.54, 1.807) is 0 Å². The third-order valence-electron chi connectivity index (χ3n) is 14.3. The van der Waals surface area contributed by atoms with E-state index in [0.29, 0.717) is 17.5 Å². The molecule has 0 unspecified atom stereocenters. The lowest BCUT2D eigenvalue weighted by molar-refractivity contribution is 0.670. The Hall–Kier alpha value is -9.65. The van der Waals surface area contributed by atoms with Crippen molar-refractivity contribution in [2.24, 2.45) is 0 Å². The molecular weight excluding hydrogens is 867 g/mol. The molecule has 0 aliphatic carbocycles. The second kappa shape index (κ2) is 15.4. The van der Waals surface area contributed by atoms with Crippen molar-refractivity contribution >= 4 is 87.1 Å². The van der Waals surface area contributed by atoms with Gasteiger partial charge in [-0.15, -0.1) is 0 Å². The molecule has 15 aromatic rings. The molecule has 0 N–H and O–H groups in total. The lowest BCUT2D eigenvalue weighted by atomic mass is 10.0. The van der Waals surface area contributed by atoms with E-state index in [4.69, 9.17) is 19.4 Å². The van der Waals surface area contributed by atoms with Gasteiger partial charge in [0.05, 0.1) is 22.1 Å². The number of aromatic nitrogens is 5. The molecule has 0 bridgehead atoms. The van der Waals surface area contributed by atoms with Crippen molar-refractivity contribution in [3.05, 3.63) is 237 Å². The van der Waals surface area contributed by atoms with Gasteiger partial charge in [-0.25, -0.2) is 15.0 Å². The minimum atomic E-state index is 0.540. The van der Waals surface area contributed by atoms with Crippen molar-refractivity contribution < 1.29 is 4.42 Å². The molecule has 15 rings (SSSR count). The van der Waals surface area contributed by atoms with Crippen LogP contribution in [0.5, 0.6) is 0 Å². The van der Waals surface area contributed by atoms with E-state index in [9.17, 15) is 0 Å². The quantitative estimate of drug-likeness (QED) is 0.167. The summed E-state index contributed by atoms with van der Waals surface area (Å²) in [4.78, 5) is 16.3. The van der Waals surface area contributed by atoms with E-state index in [1.807, 2.05) is 6.07 Å². The SMILES string of the molecule is c1ccc(-c2ccc(-c3nc(-c4ccc5c(c4)c4ccccc4n5-c4ccccc4)nc(-c4ccc5c(oc6c7ccccc7ccc56)c4-n4c5ccccc5c5cc6ccccc6cc54)n3)cc2)cc1.